The number of aromatic amines is 1. The third-order valence-corrected chi connectivity index (χ3v) is 5.44. The molecule has 0 aliphatic carbocycles. The molecule has 1 heterocycles. The summed E-state index contributed by atoms with van der Waals surface area (Å²) in [7, 11) is 0. The van der Waals surface area contributed by atoms with Gasteiger partial charge in [-0.1, -0.05) is 24.3 Å². The van der Waals surface area contributed by atoms with E-state index in [-0.39, 0.29) is 12.4 Å². The van der Waals surface area contributed by atoms with Crippen LogP contribution in [0.15, 0.2) is 67.3 Å². The number of nitrogens with zero attached hydrogens (tertiary/aromatic N) is 2. The number of aromatic nitrogens is 2. The van der Waals surface area contributed by atoms with Crippen molar-refractivity contribution in [3.05, 3.63) is 101 Å². The van der Waals surface area contributed by atoms with Crippen LogP contribution in [-0.2, 0) is 13.0 Å². The minimum absolute atomic E-state index is 0.265. The summed E-state index contributed by atoms with van der Waals surface area (Å²) >= 11 is 0. The molecule has 6 heteroatoms. The first-order valence-electron chi connectivity index (χ1n) is 11.4. The van der Waals surface area contributed by atoms with Crippen LogP contribution in [-0.4, -0.2) is 16.6 Å². The standard InChI is InChI=1S/C29H26FN3O2/c1-4-6-22-14-21(15-23(17-31)29-32-25-12-7-19(3)13-26(25)33-29)16-27(34-5-2)28(22)35-18-20-8-10-24(30)11-9-20/h4,7-16H,1,5-6,18H2,2-3H3,(H,32,33)/b23-15-. The normalized spacial score (nSPS) is 11.3. The van der Waals surface area contributed by atoms with Crippen LogP contribution in [0, 0.1) is 24.1 Å². The van der Waals surface area contributed by atoms with Crippen molar-refractivity contribution in [2.45, 2.75) is 26.9 Å². The topological polar surface area (TPSA) is 70.9 Å². The van der Waals surface area contributed by atoms with E-state index in [2.05, 4.69) is 22.6 Å². The van der Waals surface area contributed by atoms with Crippen LogP contribution >= 0.6 is 0 Å². The highest BCUT2D eigenvalue weighted by molar-refractivity contribution is 5.90. The number of aryl methyl sites for hydroxylation is 1. The number of benzene rings is 3. The van der Waals surface area contributed by atoms with Gasteiger partial charge in [-0.15, -0.1) is 6.58 Å². The number of rotatable bonds is 9. The first kappa shape index (κ1) is 23.8. The molecule has 0 spiro atoms. The zero-order valence-electron chi connectivity index (χ0n) is 19.8. The molecule has 5 nitrogen and oxygen atoms in total. The van der Waals surface area contributed by atoms with Crippen molar-refractivity contribution in [2.75, 3.05) is 6.61 Å². The van der Waals surface area contributed by atoms with E-state index in [1.54, 1.807) is 24.3 Å². The quantitative estimate of drug-likeness (QED) is 0.218. The molecular weight excluding hydrogens is 441 g/mol. The zero-order valence-corrected chi connectivity index (χ0v) is 19.8. The number of hydrogen-bond donors (Lipinski definition) is 1. The number of allylic oxidation sites excluding steroid dienone is 2. The third-order valence-electron chi connectivity index (χ3n) is 5.44. The minimum atomic E-state index is -0.292. The van der Waals surface area contributed by atoms with Crippen molar-refractivity contribution in [3.63, 3.8) is 0 Å². The molecule has 0 atom stereocenters. The molecule has 0 saturated carbocycles. The predicted octanol–water partition coefficient (Wildman–Crippen LogP) is 6.78. The number of nitrogens with one attached hydrogen (secondary N) is 1. The van der Waals surface area contributed by atoms with Crippen molar-refractivity contribution in [3.8, 4) is 17.6 Å². The van der Waals surface area contributed by atoms with Crippen molar-refractivity contribution in [1.29, 1.82) is 5.26 Å². The molecular formula is C29H26FN3O2. The number of halogens is 1. The van der Waals surface area contributed by atoms with E-state index in [9.17, 15) is 9.65 Å². The molecule has 176 valence electrons. The Balaban J connectivity index is 1.71. The first-order valence-corrected chi connectivity index (χ1v) is 11.4. The summed E-state index contributed by atoms with van der Waals surface area (Å²) in [5, 5.41) is 9.87. The molecule has 0 amide bonds. The second-order valence-corrected chi connectivity index (χ2v) is 8.12. The lowest BCUT2D eigenvalue weighted by Gasteiger charge is -2.17. The Bertz CT molecular complexity index is 1430. The molecule has 4 aromatic rings. The van der Waals surface area contributed by atoms with E-state index in [0.29, 0.717) is 35.9 Å². The van der Waals surface area contributed by atoms with Crippen LogP contribution in [0.3, 0.4) is 0 Å². The summed E-state index contributed by atoms with van der Waals surface area (Å²) in [4.78, 5) is 7.82. The molecule has 1 aromatic heterocycles. The van der Waals surface area contributed by atoms with Crippen LogP contribution in [0.2, 0.25) is 0 Å². The summed E-state index contributed by atoms with van der Waals surface area (Å²) in [6.07, 6.45) is 4.12. The SMILES string of the molecule is C=CCc1cc(/C=C(/C#N)c2nc3ccc(C)cc3[nH]2)cc(OCC)c1OCc1ccc(F)cc1. The summed E-state index contributed by atoms with van der Waals surface area (Å²) in [5.41, 5.74) is 5.71. The molecule has 0 saturated heterocycles. The fourth-order valence-electron chi connectivity index (χ4n) is 3.81. The Morgan fingerprint density at radius 1 is 1.14 bits per heavy atom. The Morgan fingerprint density at radius 3 is 2.66 bits per heavy atom. The van der Waals surface area contributed by atoms with Gasteiger partial charge in [-0.2, -0.15) is 5.26 Å². The van der Waals surface area contributed by atoms with Gasteiger partial charge in [-0.25, -0.2) is 9.37 Å². The Labute approximate surface area is 204 Å². The Kier molecular flexibility index (Phi) is 7.27. The third kappa shape index (κ3) is 5.59. The maximum Gasteiger partial charge on any atom is 0.165 e. The van der Waals surface area contributed by atoms with Gasteiger partial charge in [0.05, 0.1) is 23.2 Å². The van der Waals surface area contributed by atoms with E-state index >= 15 is 0 Å². The molecule has 3 aromatic carbocycles. The highest BCUT2D eigenvalue weighted by Crippen LogP contribution is 2.36. The number of H-pyrrole nitrogens is 1. The predicted molar refractivity (Wildman–Crippen MR) is 137 cm³/mol. The lowest BCUT2D eigenvalue weighted by molar-refractivity contribution is 0.267. The number of hydrogen-bond acceptors (Lipinski definition) is 4. The van der Waals surface area contributed by atoms with E-state index in [4.69, 9.17) is 9.47 Å². The highest BCUT2D eigenvalue weighted by atomic mass is 19.1. The highest BCUT2D eigenvalue weighted by Gasteiger charge is 2.15. The van der Waals surface area contributed by atoms with Gasteiger partial charge in [-0.05, 0) is 79.4 Å². The van der Waals surface area contributed by atoms with Crippen LogP contribution in [0.5, 0.6) is 11.5 Å². The van der Waals surface area contributed by atoms with Gasteiger partial charge in [0.1, 0.15) is 24.3 Å². The van der Waals surface area contributed by atoms with Gasteiger partial charge in [0.2, 0.25) is 0 Å². The summed E-state index contributed by atoms with van der Waals surface area (Å²) in [6, 6.07) is 18.2. The lowest BCUT2D eigenvalue weighted by Crippen LogP contribution is -2.03. The van der Waals surface area contributed by atoms with E-state index in [1.165, 1.54) is 12.1 Å². The van der Waals surface area contributed by atoms with Crippen molar-refractivity contribution in [2.24, 2.45) is 0 Å². The maximum atomic E-state index is 13.3. The molecule has 0 radical (unpaired) electrons. The fraction of sp³-hybridized carbons (Fsp3) is 0.172. The number of ether oxygens (including phenoxy) is 2. The molecule has 35 heavy (non-hydrogen) atoms. The largest absolute Gasteiger partial charge is 0.490 e. The fourth-order valence-corrected chi connectivity index (χ4v) is 3.81. The maximum absolute atomic E-state index is 13.3. The lowest BCUT2D eigenvalue weighted by atomic mass is 10.0. The van der Waals surface area contributed by atoms with Gasteiger partial charge in [0.15, 0.2) is 11.5 Å². The molecule has 0 bridgehead atoms. The van der Waals surface area contributed by atoms with Gasteiger partial charge in [-0.3, -0.25) is 0 Å². The van der Waals surface area contributed by atoms with Gasteiger partial charge >= 0.3 is 0 Å². The minimum Gasteiger partial charge on any atom is -0.490 e. The molecule has 0 aliphatic rings. The van der Waals surface area contributed by atoms with Gasteiger partial charge in [0, 0.05) is 5.56 Å². The van der Waals surface area contributed by atoms with E-state index in [0.717, 1.165) is 33.3 Å². The Hall–Kier alpha value is -4.37. The average Bonchev–Trinajstić information content (AvgIpc) is 3.26. The van der Waals surface area contributed by atoms with E-state index in [1.807, 2.05) is 44.2 Å². The van der Waals surface area contributed by atoms with Gasteiger partial charge < -0.3 is 14.5 Å². The van der Waals surface area contributed by atoms with Crippen molar-refractivity contribution in [1.82, 2.24) is 9.97 Å². The van der Waals surface area contributed by atoms with Crippen LogP contribution in [0.4, 0.5) is 4.39 Å². The second-order valence-electron chi connectivity index (χ2n) is 8.12. The summed E-state index contributed by atoms with van der Waals surface area (Å²) in [5.74, 6) is 1.39. The van der Waals surface area contributed by atoms with Crippen LogP contribution in [0.25, 0.3) is 22.7 Å². The van der Waals surface area contributed by atoms with Gasteiger partial charge in [0.25, 0.3) is 0 Å². The molecule has 0 unspecified atom stereocenters. The Morgan fingerprint density at radius 2 is 1.94 bits per heavy atom. The number of imidazole rings is 1. The van der Waals surface area contributed by atoms with E-state index < -0.39 is 0 Å². The summed E-state index contributed by atoms with van der Waals surface area (Å²) < 4.78 is 25.3. The monoisotopic (exact) mass is 467 g/mol. The summed E-state index contributed by atoms with van der Waals surface area (Å²) in [6.45, 7) is 8.49. The average molecular weight is 468 g/mol. The van der Waals surface area contributed by atoms with Crippen molar-refractivity contribution >= 4 is 22.7 Å². The van der Waals surface area contributed by atoms with Crippen molar-refractivity contribution < 1.29 is 13.9 Å². The second kappa shape index (κ2) is 10.7. The number of nitriles is 1. The van der Waals surface area contributed by atoms with Crippen LogP contribution in [0.1, 0.15) is 35.0 Å². The smallest absolute Gasteiger partial charge is 0.165 e. The number of fused-ring (bicyclic) bond motifs is 1. The zero-order chi connectivity index (χ0) is 24.8. The molecule has 0 fully saturated rings. The molecule has 1 N–H and O–H groups in total. The van der Waals surface area contributed by atoms with Crippen LogP contribution < -0.4 is 9.47 Å². The molecule has 4 rings (SSSR count). The molecule has 0 aliphatic heterocycles. The first-order chi connectivity index (χ1) is 17.0.